The Morgan fingerprint density at radius 3 is 2.95 bits per heavy atom. The second kappa shape index (κ2) is 4.02. The van der Waals surface area contributed by atoms with Gasteiger partial charge in [0.2, 0.25) is 0 Å². The van der Waals surface area contributed by atoms with E-state index in [-0.39, 0.29) is 0 Å². The maximum Gasteiger partial charge on any atom is 0.192 e. The van der Waals surface area contributed by atoms with E-state index in [1.54, 1.807) is 4.68 Å². The second-order valence-electron chi connectivity index (χ2n) is 4.85. The first-order valence-electron chi connectivity index (χ1n) is 6.44. The Kier molecular flexibility index (Phi) is 2.26. The molecule has 0 bridgehead atoms. The largest absolute Gasteiger partial charge is 0.441 e. The van der Waals surface area contributed by atoms with Crippen LogP contribution in [0.3, 0.4) is 0 Å². The molecule has 0 aliphatic rings. The third kappa shape index (κ3) is 1.67. The number of hydrogen-bond acceptors (Lipinski definition) is 6. The molecule has 0 aliphatic heterocycles. The lowest BCUT2D eigenvalue weighted by atomic mass is 10.1. The number of oxazole rings is 1. The molecule has 0 radical (unpaired) electrons. The van der Waals surface area contributed by atoms with Crippen LogP contribution in [0.2, 0.25) is 0 Å². The summed E-state index contributed by atoms with van der Waals surface area (Å²) >= 11 is 0. The van der Waals surface area contributed by atoms with Gasteiger partial charge in [-0.1, -0.05) is 6.07 Å². The fourth-order valence-corrected chi connectivity index (χ4v) is 2.50. The van der Waals surface area contributed by atoms with Crippen molar-refractivity contribution < 1.29 is 4.42 Å². The monoisotopic (exact) mass is 280 g/mol. The summed E-state index contributed by atoms with van der Waals surface area (Å²) in [5.74, 6) is 1.05. The average Bonchev–Trinajstić information content (AvgIpc) is 2.99. The summed E-state index contributed by atoms with van der Waals surface area (Å²) < 4.78 is 7.26. The highest BCUT2D eigenvalue weighted by molar-refractivity contribution is 5.99. The molecule has 1 aromatic carbocycles. The van der Waals surface area contributed by atoms with Crippen molar-refractivity contribution >= 4 is 28.0 Å². The number of nitrogens with two attached hydrogens (primary N) is 1. The van der Waals surface area contributed by atoms with Gasteiger partial charge in [-0.15, -0.1) is 0 Å². The van der Waals surface area contributed by atoms with Crippen LogP contribution < -0.4 is 5.73 Å². The van der Waals surface area contributed by atoms with E-state index in [1.807, 2.05) is 32.2 Å². The predicted octanol–water partition coefficient (Wildman–Crippen LogP) is 2.06. The zero-order valence-electron chi connectivity index (χ0n) is 11.5. The Bertz CT molecular complexity index is 984. The van der Waals surface area contributed by atoms with Crippen molar-refractivity contribution in [2.75, 3.05) is 5.73 Å². The van der Waals surface area contributed by atoms with Crippen LogP contribution >= 0.6 is 0 Å². The normalized spacial score (nSPS) is 11.5. The Morgan fingerprint density at radius 1 is 1.24 bits per heavy atom. The van der Waals surface area contributed by atoms with Crippen molar-refractivity contribution in [2.45, 2.75) is 6.92 Å². The van der Waals surface area contributed by atoms with Gasteiger partial charge in [-0.3, -0.25) is 0 Å². The molecule has 4 rings (SSSR count). The van der Waals surface area contributed by atoms with Crippen LogP contribution in [0, 0.1) is 6.92 Å². The highest BCUT2D eigenvalue weighted by Crippen LogP contribution is 2.31. The van der Waals surface area contributed by atoms with Crippen LogP contribution in [0.15, 0.2) is 28.9 Å². The van der Waals surface area contributed by atoms with E-state index in [0.29, 0.717) is 17.4 Å². The van der Waals surface area contributed by atoms with Gasteiger partial charge >= 0.3 is 0 Å². The highest BCUT2D eigenvalue weighted by atomic mass is 16.3. The maximum atomic E-state index is 5.98. The molecule has 21 heavy (non-hydrogen) atoms. The number of aromatic nitrogens is 5. The van der Waals surface area contributed by atoms with Crippen molar-refractivity contribution in [1.82, 2.24) is 24.7 Å². The first-order valence-corrected chi connectivity index (χ1v) is 6.44. The van der Waals surface area contributed by atoms with Crippen molar-refractivity contribution in [3.8, 4) is 11.3 Å². The lowest BCUT2D eigenvalue weighted by Gasteiger charge is -1.99. The summed E-state index contributed by atoms with van der Waals surface area (Å²) in [6, 6.07) is 5.75. The molecule has 0 saturated carbocycles. The lowest BCUT2D eigenvalue weighted by Crippen LogP contribution is -1.95. The van der Waals surface area contributed by atoms with Crippen LogP contribution in [-0.2, 0) is 7.05 Å². The number of anilines is 1. The molecular formula is C14H12N6O. The molecule has 4 aromatic rings. The fraction of sp³-hybridized carbons (Fsp3) is 0.143. The summed E-state index contributed by atoms with van der Waals surface area (Å²) in [4.78, 5) is 12.6. The van der Waals surface area contributed by atoms with E-state index in [0.717, 1.165) is 27.7 Å². The molecule has 0 spiro atoms. The second-order valence-corrected chi connectivity index (χ2v) is 4.85. The minimum Gasteiger partial charge on any atom is -0.441 e. The third-order valence-corrected chi connectivity index (χ3v) is 3.42. The van der Waals surface area contributed by atoms with Gasteiger partial charge in [0.25, 0.3) is 0 Å². The molecule has 0 aliphatic carbocycles. The van der Waals surface area contributed by atoms with E-state index >= 15 is 0 Å². The quantitative estimate of drug-likeness (QED) is 0.573. The fourth-order valence-electron chi connectivity index (χ4n) is 2.50. The minimum absolute atomic E-state index is 0.414. The molecule has 0 unspecified atom stereocenters. The van der Waals surface area contributed by atoms with Crippen molar-refractivity contribution in [3.63, 3.8) is 0 Å². The van der Waals surface area contributed by atoms with Gasteiger partial charge in [0, 0.05) is 19.5 Å². The number of nitrogens with zero attached hydrogens (tertiary/aromatic N) is 5. The summed E-state index contributed by atoms with van der Waals surface area (Å²) in [6.45, 7) is 1.82. The number of aryl methyl sites for hydroxylation is 2. The number of benzene rings is 1. The summed E-state index contributed by atoms with van der Waals surface area (Å²) in [5.41, 5.74) is 9.86. The Hall–Kier alpha value is -2.96. The van der Waals surface area contributed by atoms with E-state index in [1.165, 1.54) is 6.33 Å². The van der Waals surface area contributed by atoms with Gasteiger partial charge in [-0.25, -0.2) is 19.6 Å². The topological polar surface area (TPSA) is 95.7 Å². The summed E-state index contributed by atoms with van der Waals surface area (Å²) in [6.07, 6.45) is 1.44. The van der Waals surface area contributed by atoms with Crippen molar-refractivity contribution in [3.05, 3.63) is 30.4 Å². The molecule has 2 N–H and O–H groups in total. The van der Waals surface area contributed by atoms with Gasteiger partial charge in [-0.2, -0.15) is 5.10 Å². The van der Waals surface area contributed by atoms with Gasteiger partial charge < -0.3 is 10.2 Å². The molecule has 0 atom stereocenters. The van der Waals surface area contributed by atoms with Crippen molar-refractivity contribution in [1.29, 1.82) is 0 Å². The molecule has 104 valence electrons. The minimum atomic E-state index is 0.414. The van der Waals surface area contributed by atoms with Crippen LogP contribution in [0.25, 0.3) is 33.4 Å². The number of rotatable bonds is 1. The smallest absolute Gasteiger partial charge is 0.192 e. The lowest BCUT2D eigenvalue weighted by molar-refractivity contribution is 0.561. The molecule has 7 heteroatoms. The van der Waals surface area contributed by atoms with Gasteiger partial charge in [0.05, 0.1) is 5.39 Å². The van der Waals surface area contributed by atoms with Gasteiger partial charge in [-0.05, 0) is 12.1 Å². The number of fused-ring (bicyclic) bond motifs is 2. The van der Waals surface area contributed by atoms with Crippen LogP contribution in [0.4, 0.5) is 5.82 Å². The summed E-state index contributed by atoms with van der Waals surface area (Å²) in [5, 5.41) is 5.25. The molecular weight excluding hydrogens is 268 g/mol. The molecule has 3 aromatic heterocycles. The maximum absolute atomic E-state index is 5.98. The molecule has 3 heterocycles. The zero-order chi connectivity index (χ0) is 14.6. The van der Waals surface area contributed by atoms with Crippen LogP contribution in [0.1, 0.15) is 5.89 Å². The van der Waals surface area contributed by atoms with Crippen molar-refractivity contribution in [2.24, 2.45) is 7.05 Å². The average molecular weight is 280 g/mol. The third-order valence-electron chi connectivity index (χ3n) is 3.42. The van der Waals surface area contributed by atoms with Crippen LogP contribution in [-0.4, -0.2) is 24.7 Å². The van der Waals surface area contributed by atoms with E-state index < -0.39 is 0 Å². The zero-order valence-corrected chi connectivity index (χ0v) is 11.5. The summed E-state index contributed by atoms with van der Waals surface area (Å²) in [7, 11) is 1.83. The molecule has 0 fully saturated rings. The first kappa shape index (κ1) is 11.8. The molecule has 7 nitrogen and oxygen atoms in total. The predicted molar refractivity (Wildman–Crippen MR) is 78.5 cm³/mol. The first-order chi connectivity index (χ1) is 10.1. The molecule has 0 amide bonds. The van der Waals surface area contributed by atoms with E-state index in [9.17, 15) is 0 Å². The highest BCUT2D eigenvalue weighted by Gasteiger charge is 2.16. The van der Waals surface area contributed by atoms with Gasteiger partial charge in [0.15, 0.2) is 17.1 Å². The number of nitrogen functional groups attached to an aromatic ring is 1. The number of hydrogen-bond donors (Lipinski definition) is 1. The van der Waals surface area contributed by atoms with E-state index in [2.05, 4.69) is 20.1 Å². The Morgan fingerprint density at radius 2 is 2.10 bits per heavy atom. The SMILES string of the molecule is Cc1nc2ccc(-c3nn(C)c4ncnc(N)c34)cc2o1. The standard InChI is InChI=1S/C14H12N6O/c1-7-18-9-4-3-8(5-10(9)21-7)12-11-13(15)16-6-17-14(11)20(2)19-12/h3-6H,1-2H3,(H2,15,16,17). The van der Waals surface area contributed by atoms with E-state index in [4.69, 9.17) is 10.2 Å². The Balaban J connectivity index is 2.03. The van der Waals surface area contributed by atoms with Crippen LogP contribution in [0.5, 0.6) is 0 Å². The Labute approximate surface area is 119 Å². The van der Waals surface area contributed by atoms with Gasteiger partial charge in [0.1, 0.15) is 23.4 Å². The molecule has 0 saturated heterocycles.